The highest BCUT2D eigenvalue weighted by molar-refractivity contribution is 7.09. The van der Waals surface area contributed by atoms with Gasteiger partial charge in [0.15, 0.2) is 5.76 Å². The minimum Gasteiger partial charge on any atom is -0.485 e. The second kappa shape index (κ2) is 8.92. The molecule has 0 unspecified atom stereocenters. The Labute approximate surface area is 178 Å². The van der Waals surface area contributed by atoms with E-state index in [1.54, 1.807) is 24.5 Å². The molecule has 0 aliphatic heterocycles. The first-order chi connectivity index (χ1) is 14.6. The van der Waals surface area contributed by atoms with Gasteiger partial charge >= 0.3 is 0 Å². The number of amides is 1. The molecule has 6 nitrogen and oxygen atoms in total. The first-order valence-corrected chi connectivity index (χ1v) is 10.4. The maximum Gasteiger partial charge on any atom is 0.287 e. The van der Waals surface area contributed by atoms with E-state index >= 15 is 0 Å². The molecule has 3 heterocycles. The zero-order valence-corrected chi connectivity index (χ0v) is 17.5. The van der Waals surface area contributed by atoms with E-state index in [2.05, 4.69) is 21.4 Å². The van der Waals surface area contributed by atoms with E-state index in [4.69, 9.17) is 9.15 Å². The van der Waals surface area contributed by atoms with Gasteiger partial charge in [-0.1, -0.05) is 17.7 Å². The molecule has 4 rings (SSSR count). The molecule has 0 atom stereocenters. The molecule has 7 heteroatoms. The Morgan fingerprint density at radius 1 is 1.13 bits per heavy atom. The SMILES string of the molecule is Cc1ccc(OCc2ccc(C(=O)NCc3nc(-c4ccncc4)cs3)o2)c(C)c1. The highest BCUT2D eigenvalue weighted by Gasteiger charge is 2.13. The molecule has 1 aromatic carbocycles. The van der Waals surface area contributed by atoms with Gasteiger partial charge in [0.2, 0.25) is 0 Å². The Bertz CT molecular complexity index is 1150. The summed E-state index contributed by atoms with van der Waals surface area (Å²) in [5, 5.41) is 5.63. The zero-order chi connectivity index (χ0) is 20.9. The summed E-state index contributed by atoms with van der Waals surface area (Å²) in [5.41, 5.74) is 4.12. The van der Waals surface area contributed by atoms with Crippen LogP contribution in [0.3, 0.4) is 0 Å². The fourth-order valence-corrected chi connectivity index (χ4v) is 3.72. The fraction of sp³-hybridized carbons (Fsp3) is 0.174. The molecule has 1 N–H and O–H groups in total. The Kier molecular flexibility index (Phi) is 5.90. The molecule has 0 aliphatic carbocycles. The fourth-order valence-electron chi connectivity index (χ4n) is 2.98. The van der Waals surface area contributed by atoms with Crippen LogP contribution in [-0.2, 0) is 13.2 Å². The van der Waals surface area contributed by atoms with Gasteiger partial charge < -0.3 is 14.5 Å². The highest BCUT2D eigenvalue weighted by Crippen LogP contribution is 2.22. The average Bonchev–Trinajstić information content (AvgIpc) is 3.42. The number of rotatable bonds is 7. The standard InChI is InChI=1S/C23H21N3O3S/c1-15-3-5-20(16(2)11-15)28-13-18-4-6-21(29-18)23(27)25-12-22-26-19(14-30-22)17-7-9-24-10-8-17/h3-11,14H,12-13H2,1-2H3,(H,25,27). The largest absolute Gasteiger partial charge is 0.485 e. The number of hydrogen-bond acceptors (Lipinski definition) is 6. The van der Waals surface area contributed by atoms with Gasteiger partial charge in [0.25, 0.3) is 5.91 Å². The molecule has 0 bridgehead atoms. The van der Waals surface area contributed by atoms with Gasteiger partial charge in [-0.05, 0) is 49.7 Å². The average molecular weight is 420 g/mol. The van der Waals surface area contributed by atoms with E-state index in [0.29, 0.717) is 12.3 Å². The molecule has 3 aromatic heterocycles. The summed E-state index contributed by atoms with van der Waals surface area (Å²) in [6.45, 7) is 4.64. The van der Waals surface area contributed by atoms with Gasteiger partial charge in [-0.3, -0.25) is 9.78 Å². The van der Waals surface area contributed by atoms with Crippen LogP contribution >= 0.6 is 11.3 Å². The van der Waals surface area contributed by atoms with Gasteiger partial charge in [0.05, 0.1) is 12.2 Å². The molecule has 1 amide bonds. The Balaban J connectivity index is 1.31. The van der Waals surface area contributed by atoms with Crippen LogP contribution in [0.15, 0.2) is 64.7 Å². The summed E-state index contributed by atoms with van der Waals surface area (Å²) in [6, 6.07) is 13.2. The van der Waals surface area contributed by atoms with Crippen molar-refractivity contribution >= 4 is 17.2 Å². The Morgan fingerprint density at radius 3 is 2.77 bits per heavy atom. The maximum atomic E-state index is 12.4. The summed E-state index contributed by atoms with van der Waals surface area (Å²) in [7, 11) is 0. The number of aromatic nitrogens is 2. The van der Waals surface area contributed by atoms with Crippen molar-refractivity contribution in [1.29, 1.82) is 0 Å². The van der Waals surface area contributed by atoms with Crippen molar-refractivity contribution < 1.29 is 13.9 Å². The van der Waals surface area contributed by atoms with Crippen molar-refractivity contribution in [3.63, 3.8) is 0 Å². The summed E-state index contributed by atoms with van der Waals surface area (Å²) < 4.78 is 11.4. The molecule has 0 fully saturated rings. The number of carbonyl (C=O) groups is 1. The third-order valence-electron chi connectivity index (χ3n) is 4.51. The van der Waals surface area contributed by atoms with E-state index in [-0.39, 0.29) is 18.3 Å². The molecule has 0 spiro atoms. The first-order valence-electron chi connectivity index (χ1n) is 9.50. The minimum atomic E-state index is -0.284. The van der Waals surface area contributed by atoms with E-state index in [9.17, 15) is 4.79 Å². The third kappa shape index (κ3) is 4.75. The number of nitrogens with zero attached hydrogens (tertiary/aromatic N) is 2. The van der Waals surface area contributed by atoms with Crippen LogP contribution in [0.5, 0.6) is 5.75 Å². The second-order valence-electron chi connectivity index (χ2n) is 6.87. The lowest BCUT2D eigenvalue weighted by molar-refractivity contribution is 0.0919. The maximum absolute atomic E-state index is 12.4. The van der Waals surface area contributed by atoms with Crippen LogP contribution < -0.4 is 10.1 Å². The molecule has 4 aromatic rings. The van der Waals surface area contributed by atoms with Crippen LogP contribution in [0.2, 0.25) is 0 Å². The quantitative estimate of drug-likeness (QED) is 0.460. The number of aryl methyl sites for hydroxylation is 2. The Morgan fingerprint density at radius 2 is 1.97 bits per heavy atom. The predicted octanol–water partition coefficient (Wildman–Crippen LogP) is 4.92. The smallest absolute Gasteiger partial charge is 0.287 e. The number of hydrogen-bond donors (Lipinski definition) is 1. The zero-order valence-electron chi connectivity index (χ0n) is 16.7. The predicted molar refractivity (Wildman–Crippen MR) is 115 cm³/mol. The van der Waals surface area contributed by atoms with Crippen LogP contribution in [0.4, 0.5) is 0 Å². The van der Waals surface area contributed by atoms with Gasteiger partial charge in [0, 0.05) is 23.3 Å². The number of pyridine rings is 1. The summed E-state index contributed by atoms with van der Waals surface area (Å²) in [6.07, 6.45) is 3.46. The van der Waals surface area contributed by atoms with Crippen LogP contribution in [0.1, 0.15) is 32.4 Å². The van der Waals surface area contributed by atoms with E-state index < -0.39 is 0 Å². The molecule has 0 aliphatic rings. The lowest BCUT2D eigenvalue weighted by Crippen LogP contribution is -2.22. The number of carbonyl (C=O) groups excluding carboxylic acids is 1. The molecular formula is C23H21N3O3S. The number of furan rings is 1. The van der Waals surface area contributed by atoms with Gasteiger partial charge in [-0.25, -0.2) is 4.98 Å². The molecule has 0 saturated carbocycles. The van der Waals surface area contributed by atoms with Crippen LogP contribution in [0.25, 0.3) is 11.3 Å². The molecule has 0 saturated heterocycles. The van der Waals surface area contributed by atoms with E-state index in [0.717, 1.165) is 27.6 Å². The minimum absolute atomic E-state index is 0.250. The molecule has 30 heavy (non-hydrogen) atoms. The van der Waals surface area contributed by atoms with Crippen molar-refractivity contribution in [2.24, 2.45) is 0 Å². The van der Waals surface area contributed by atoms with E-state index in [1.165, 1.54) is 16.9 Å². The lowest BCUT2D eigenvalue weighted by Gasteiger charge is -2.08. The topological polar surface area (TPSA) is 77.2 Å². The summed E-state index contributed by atoms with van der Waals surface area (Å²) in [4.78, 5) is 21.0. The molecule has 152 valence electrons. The van der Waals surface area contributed by atoms with Crippen molar-refractivity contribution in [2.45, 2.75) is 27.0 Å². The lowest BCUT2D eigenvalue weighted by atomic mass is 10.1. The number of nitrogens with one attached hydrogen (secondary N) is 1. The molecule has 0 radical (unpaired) electrons. The number of ether oxygens (including phenoxy) is 1. The number of benzene rings is 1. The van der Waals surface area contributed by atoms with Crippen molar-refractivity contribution in [3.8, 4) is 17.0 Å². The van der Waals surface area contributed by atoms with Crippen molar-refractivity contribution in [3.05, 3.63) is 87.9 Å². The first kappa shape index (κ1) is 19.8. The monoisotopic (exact) mass is 419 g/mol. The summed E-state index contributed by atoms with van der Waals surface area (Å²) >= 11 is 1.50. The highest BCUT2D eigenvalue weighted by atomic mass is 32.1. The van der Waals surface area contributed by atoms with Crippen molar-refractivity contribution in [2.75, 3.05) is 0 Å². The van der Waals surface area contributed by atoms with Gasteiger partial charge in [0.1, 0.15) is 23.1 Å². The molecular weight excluding hydrogens is 398 g/mol. The van der Waals surface area contributed by atoms with Gasteiger partial charge in [-0.15, -0.1) is 11.3 Å². The number of thiazole rings is 1. The third-order valence-corrected chi connectivity index (χ3v) is 5.36. The second-order valence-corrected chi connectivity index (χ2v) is 7.81. The van der Waals surface area contributed by atoms with Crippen LogP contribution in [-0.4, -0.2) is 15.9 Å². The van der Waals surface area contributed by atoms with Crippen LogP contribution in [0, 0.1) is 13.8 Å². The van der Waals surface area contributed by atoms with E-state index in [1.807, 2.05) is 43.5 Å². The van der Waals surface area contributed by atoms with Crippen molar-refractivity contribution in [1.82, 2.24) is 15.3 Å². The van der Waals surface area contributed by atoms with Gasteiger partial charge in [-0.2, -0.15) is 0 Å². The normalized spacial score (nSPS) is 10.7. The summed E-state index contributed by atoms with van der Waals surface area (Å²) in [5.74, 6) is 1.36. The Hall–Kier alpha value is -3.45.